The van der Waals surface area contributed by atoms with Gasteiger partial charge in [0.1, 0.15) is 0 Å². The highest BCUT2D eigenvalue weighted by Crippen LogP contribution is 2.45. The third-order valence-corrected chi connectivity index (χ3v) is 11.6. The maximum absolute atomic E-state index is 2.45. The summed E-state index contributed by atoms with van der Waals surface area (Å²) in [4.78, 5) is 4.64. The Hall–Kier alpha value is -8.14. The molecule has 61 heavy (non-hydrogen) atoms. The number of benzene rings is 10. The number of anilines is 6. The summed E-state index contributed by atoms with van der Waals surface area (Å²) in [5.74, 6) is 0. The van der Waals surface area contributed by atoms with E-state index in [1.54, 1.807) is 0 Å². The van der Waals surface area contributed by atoms with Crippen LogP contribution in [0.4, 0.5) is 34.1 Å². The topological polar surface area (TPSA) is 11.4 Å². The van der Waals surface area contributed by atoms with E-state index in [1.807, 2.05) is 0 Å². The van der Waals surface area contributed by atoms with E-state index in [0.29, 0.717) is 0 Å². The van der Waals surface area contributed by atoms with E-state index in [-0.39, 0.29) is 0 Å². The normalized spacial score (nSPS) is 11.5. The van der Waals surface area contributed by atoms with Crippen molar-refractivity contribution in [2.45, 2.75) is 0 Å². The third-order valence-electron chi connectivity index (χ3n) is 11.6. The van der Waals surface area contributed by atoms with Gasteiger partial charge in [-0.3, -0.25) is 0 Å². The van der Waals surface area contributed by atoms with Crippen molar-refractivity contribution < 1.29 is 0 Å². The van der Waals surface area contributed by atoms with Gasteiger partial charge in [-0.15, -0.1) is 0 Å². The van der Waals surface area contributed by atoms with Crippen LogP contribution in [0.2, 0.25) is 0 Å². The summed E-state index contributed by atoms with van der Waals surface area (Å²) < 4.78 is 2.45. The van der Waals surface area contributed by atoms with Gasteiger partial charge in [0.25, 0.3) is 0 Å². The second-order valence-corrected chi connectivity index (χ2v) is 15.5. The predicted octanol–water partition coefficient (Wildman–Crippen LogP) is 16.2. The molecule has 1 heterocycles. The minimum absolute atomic E-state index is 1.12. The minimum Gasteiger partial charge on any atom is -0.311 e. The molecule has 288 valence electrons. The Morgan fingerprint density at radius 1 is 0.295 bits per heavy atom. The molecule has 11 aromatic rings. The third kappa shape index (κ3) is 6.78. The lowest BCUT2D eigenvalue weighted by Gasteiger charge is -2.26. The van der Waals surface area contributed by atoms with E-state index < -0.39 is 0 Å². The molecule has 0 fully saturated rings. The number of nitrogens with zero attached hydrogens (tertiary/aromatic N) is 3. The molecule has 1 aromatic heterocycles. The molecular formula is C58H41N3. The van der Waals surface area contributed by atoms with Gasteiger partial charge in [0.2, 0.25) is 0 Å². The van der Waals surface area contributed by atoms with E-state index in [1.165, 1.54) is 43.7 Å². The van der Waals surface area contributed by atoms with Gasteiger partial charge < -0.3 is 14.4 Å². The van der Waals surface area contributed by atoms with Gasteiger partial charge in [-0.25, -0.2) is 0 Å². The summed E-state index contributed by atoms with van der Waals surface area (Å²) in [6.45, 7) is 0. The van der Waals surface area contributed by atoms with Gasteiger partial charge in [0.15, 0.2) is 0 Å². The molecule has 0 saturated carbocycles. The van der Waals surface area contributed by atoms with Crippen LogP contribution in [0, 0.1) is 0 Å². The quantitative estimate of drug-likeness (QED) is 0.101. The van der Waals surface area contributed by atoms with Crippen molar-refractivity contribution >= 4 is 78.9 Å². The maximum Gasteiger partial charge on any atom is 0.0568 e. The van der Waals surface area contributed by atoms with Crippen molar-refractivity contribution in [3.63, 3.8) is 0 Å². The van der Waals surface area contributed by atoms with Crippen molar-refractivity contribution in [3.8, 4) is 16.8 Å². The van der Waals surface area contributed by atoms with Crippen LogP contribution in [0.15, 0.2) is 237 Å². The van der Waals surface area contributed by atoms with Crippen LogP contribution in [0.25, 0.3) is 61.5 Å². The van der Waals surface area contributed by atoms with Gasteiger partial charge in [0.05, 0.1) is 11.0 Å². The first-order valence-corrected chi connectivity index (χ1v) is 20.8. The number of hydrogen-bond acceptors (Lipinski definition) is 2. The Bertz CT molecular complexity index is 3170. The lowest BCUT2D eigenvalue weighted by Crippen LogP contribution is -2.10. The van der Waals surface area contributed by atoms with Crippen LogP contribution >= 0.6 is 0 Å². The molecule has 0 aliphatic rings. The summed E-state index contributed by atoms with van der Waals surface area (Å²) in [5.41, 5.74) is 15.0. The minimum atomic E-state index is 1.12. The second kappa shape index (κ2) is 15.6. The molecule has 3 heteroatoms. The summed E-state index contributed by atoms with van der Waals surface area (Å²) in [6, 6.07) is 84.9. The van der Waals surface area contributed by atoms with E-state index in [2.05, 4.69) is 263 Å². The molecule has 0 N–H and O–H groups in total. The molecule has 0 aliphatic carbocycles. The zero-order valence-corrected chi connectivity index (χ0v) is 33.5. The van der Waals surface area contributed by atoms with Crippen molar-refractivity contribution in [3.05, 3.63) is 248 Å². The molecule has 3 nitrogen and oxygen atoms in total. The fourth-order valence-electron chi connectivity index (χ4n) is 8.82. The maximum atomic E-state index is 2.45. The second-order valence-electron chi connectivity index (χ2n) is 15.5. The van der Waals surface area contributed by atoms with Crippen LogP contribution < -0.4 is 9.80 Å². The van der Waals surface area contributed by atoms with E-state index in [9.17, 15) is 0 Å². The van der Waals surface area contributed by atoms with Crippen molar-refractivity contribution in [1.29, 1.82) is 0 Å². The zero-order valence-electron chi connectivity index (χ0n) is 33.5. The summed E-state index contributed by atoms with van der Waals surface area (Å²) in [6.07, 6.45) is 4.39. The SMILES string of the molecule is C(=Cc1ccc(N(c2ccccc2)c2ccccc2)cc1)c1ccc(-c2cc3ccc4cc(N(c5ccccc5)c5ccccc5)cc5c4c3c(c2)n5-c2ccccc2)cc1. The zero-order chi connectivity index (χ0) is 40.5. The summed E-state index contributed by atoms with van der Waals surface area (Å²) >= 11 is 0. The highest BCUT2D eigenvalue weighted by molar-refractivity contribution is 6.26. The molecule has 0 radical (unpaired) electrons. The van der Waals surface area contributed by atoms with Gasteiger partial charge in [-0.1, -0.05) is 152 Å². The molecule has 0 unspecified atom stereocenters. The lowest BCUT2D eigenvalue weighted by atomic mass is 9.96. The predicted molar refractivity (Wildman–Crippen MR) is 260 cm³/mol. The average Bonchev–Trinajstić information content (AvgIpc) is 3.67. The molecule has 0 aliphatic heterocycles. The van der Waals surface area contributed by atoms with Crippen molar-refractivity contribution in [2.24, 2.45) is 0 Å². The Morgan fingerprint density at radius 3 is 1.18 bits per heavy atom. The number of hydrogen-bond donors (Lipinski definition) is 0. The molecule has 10 aromatic carbocycles. The van der Waals surface area contributed by atoms with E-state index >= 15 is 0 Å². The van der Waals surface area contributed by atoms with Gasteiger partial charge in [0, 0.05) is 50.6 Å². The Morgan fingerprint density at radius 2 is 0.689 bits per heavy atom. The molecule has 0 bridgehead atoms. The Kier molecular flexibility index (Phi) is 9.18. The molecule has 0 atom stereocenters. The van der Waals surface area contributed by atoms with Crippen molar-refractivity contribution in [1.82, 2.24) is 4.57 Å². The van der Waals surface area contributed by atoms with Crippen LogP contribution in [-0.2, 0) is 0 Å². The van der Waals surface area contributed by atoms with Gasteiger partial charge in [-0.2, -0.15) is 0 Å². The number of aromatic nitrogens is 1. The summed E-state index contributed by atoms with van der Waals surface area (Å²) in [5, 5.41) is 5.04. The first-order valence-electron chi connectivity index (χ1n) is 20.8. The van der Waals surface area contributed by atoms with Crippen LogP contribution in [0.3, 0.4) is 0 Å². The van der Waals surface area contributed by atoms with Gasteiger partial charge in [-0.05, 0) is 130 Å². The largest absolute Gasteiger partial charge is 0.311 e. The summed E-state index contributed by atoms with van der Waals surface area (Å²) in [7, 11) is 0. The average molecular weight is 780 g/mol. The number of para-hydroxylation sites is 5. The Balaban J connectivity index is 0.947. The standard InChI is InChI=1S/C58H41N3/c1-6-16-48(17-7-1)59(49-18-8-2-9-19-49)53-36-30-43(31-37-53)27-26-42-28-32-44(33-29-42)47-38-45-34-35-46-39-54(60(50-20-10-3-11-21-50)51-22-12-4-13-23-51)41-56-58(46)57(45)55(40-47)61(56)52-24-14-5-15-25-52/h1-41H. The first kappa shape index (κ1) is 36.0. The fraction of sp³-hybridized carbons (Fsp3) is 0. The first-order chi connectivity index (χ1) is 30.2. The molecular weight excluding hydrogens is 739 g/mol. The number of rotatable bonds is 10. The Labute approximate surface area is 356 Å². The smallest absolute Gasteiger partial charge is 0.0568 e. The molecule has 0 saturated heterocycles. The van der Waals surface area contributed by atoms with Crippen LogP contribution in [-0.4, -0.2) is 4.57 Å². The van der Waals surface area contributed by atoms with E-state index in [4.69, 9.17) is 0 Å². The molecule has 0 amide bonds. The monoisotopic (exact) mass is 779 g/mol. The van der Waals surface area contributed by atoms with Gasteiger partial charge >= 0.3 is 0 Å². The molecule has 0 spiro atoms. The van der Waals surface area contributed by atoms with E-state index in [0.717, 1.165) is 50.9 Å². The van der Waals surface area contributed by atoms with Crippen LogP contribution in [0.1, 0.15) is 11.1 Å². The molecule has 11 rings (SSSR count). The fourth-order valence-corrected chi connectivity index (χ4v) is 8.82. The van der Waals surface area contributed by atoms with Crippen molar-refractivity contribution in [2.75, 3.05) is 9.80 Å². The lowest BCUT2D eigenvalue weighted by molar-refractivity contribution is 1.18. The highest BCUT2D eigenvalue weighted by atomic mass is 15.1. The van der Waals surface area contributed by atoms with Crippen LogP contribution in [0.5, 0.6) is 0 Å². The highest BCUT2D eigenvalue weighted by Gasteiger charge is 2.22.